The summed E-state index contributed by atoms with van der Waals surface area (Å²) in [5.74, 6) is 0.841. The van der Waals surface area contributed by atoms with Gasteiger partial charge in [-0.05, 0) is 36.1 Å². The first kappa shape index (κ1) is 16.2. The monoisotopic (exact) mass is 295 g/mol. The van der Waals surface area contributed by atoms with Gasteiger partial charge in [0.05, 0.1) is 45.7 Å². The van der Waals surface area contributed by atoms with Gasteiger partial charge in [0.1, 0.15) is 5.75 Å². The number of ether oxygens (including phenoxy) is 4. The Kier molecular flexibility index (Phi) is 6.45. The summed E-state index contributed by atoms with van der Waals surface area (Å²) in [6, 6.07) is 5.99. The third-order valence-electron chi connectivity index (χ3n) is 3.80. The van der Waals surface area contributed by atoms with Crippen LogP contribution in [0.25, 0.3) is 0 Å². The highest BCUT2D eigenvalue weighted by atomic mass is 16.5. The molecule has 2 rings (SSSR count). The molecule has 0 heterocycles. The zero-order valence-electron chi connectivity index (χ0n) is 12.8. The quantitative estimate of drug-likeness (QED) is 0.739. The Hall–Kier alpha value is -1.14. The van der Waals surface area contributed by atoms with Gasteiger partial charge in [0.2, 0.25) is 0 Å². The minimum atomic E-state index is -0.108. The fourth-order valence-electron chi connectivity index (χ4n) is 2.61. The lowest BCUT2D eigenvalue weighted by Gasteiger charge is -2.31. The molecule has 5 nitrogen and oxygen atoms in total. The molecular weight excluding hydrogens is 270 g/mol. The number of hydrogen-bond acceptors (Lipinski definition) is 5. The van der Waals surface area contributed by atoms with E-state index in [4.69, 9.17) is 24.7 Å². The third kappa shape index (κ3) is 4.41. The van der Waals surface area contributed by atoms with Crippen molar-refractivity contribution in [3.05, 3.63) is 29.3 Å². The van der Waals surface area contributed by atoms with Gasteiger partial charge in [-0.3, -0.25) is 0 Å². The van der Waals surface area contributed by atoms with Crippen LogP contribution < -0.4 is 10.5 Å². The molecule has 0 saturated carbocycles. The highest BCUT2D eigenvalue weighted by Gasteiger charge is 2.27. The molecule has 0 saturated heterocycles. The van der Waals surface area contributed by atoms with Gasteiger partial charge in [-0.15, -0.1) is 0 Å². The fourth-order valence-corrected chi connectivity index (χ4v) is 2.61. The van der Waals surface area contributed by atoms with Crippen LogP contribution in [0.5, 0.6) is 5.75 Å². The summed E-state index contributed by atoms with van der Waals surface area (Å²) in [5, 5.41) is 0. The highest BCUT2D eigenvalue weighted by Crippen LogP contribution is 2.32. The average molecular weight is 295 g/mol. The molecule has 1 aromatic rings. The van der Waals surface area contributed by atoms with Crippen LogP contribution >= 0.6 is 0 Å². The summed E-state index contributed by atoms with van der Waals surface area (Å²) >= 11 is 0. The van der Waals surface area contributed by atoms with Crippen molar-refractivity contribution in [2.75, 3.05) is 40.6 Å². The number of aryl methyl sites for hydroxylation is 1. The van der Waals surface area contributed by atoms with Crippen LogP contribution in [-0.2, 0) is 20.6 Å². The van der Waals surface area contributed by atoms with E-state index >= 15 is 0 Å². The van der Waals surface area contributed by atoms with Crippen molar-refractivity contribution in [2.45, 2.75) is 25.0 Å². The lowest BCUT2D eigenvalue weighted by Crippen LogP contribution is -2.34. The molecule has 0 aromatic heterocycles. The van der Waals surface area contributed by atoms with E-state index in [1.165, 1.54) is 5.56 Å². The Labute approximate surface area is 126 Å². The topological polar surface area (TPSA) is 62.9 Å². The van der Waals surface area contributed by atoms with E-state index in [1.807, 2.05) is 12.1 Å². The largest absolute Gasteiger partial charge is 0.497 e. The van der Waals surface area contributed by atoms with Crippen molar-refractivity contribution in [3.63, 3.8) is 0 Å². The summed E-state index contributed by atoms with van der Waals surface area (Å²) in [5.41, 5.74) is 8.76. The Morgan fingerprint density at radius 3 is 2.71 bits per heavy atom. The Balaban J connectivity index is 1.83. The average Bonchev–Trinajstić information content (AvgIpc) is 2.52. The molecule has 2 atom stereocenters. The van der Waals surface area contributed by atoms with Crippen molar-refractivity contribution < 1.29 is 18.9 Å². The number of benzene rings is 1. The van der Waals surface area contributed by atoms with Gasteiger partial charge < -0.3 is 24.7 Å². The van der Waals surface area contributed by atoms with E-state index in [1.54, 1.807) is 14.2 Å². The lowest BCUT2D eigenvalue weighted by atomic mass is 9.86. The maximum absolute atomic E-state index is 6.34. The van der Waals surface area contributed by atoms with E-state index in [9.17, 15) is 0 Å². The molecule has 0 fully saturated rings. The van der Waals surface area contributed by atoms with Gasteiger partial charge in [0.15, 0.2) is 0 Å². The van der Waals surface area contributed by atoms with Gasteiger partial charge in [-0.25, -0.2) is 0 Å². The Bertz CT molecular complexity index is 438. The molecule has 0 bridgehead atoms. The van der Waals surface area contributed by atoms with Crippen LogP contribution in [0.2, 0.25) is 0 Å². The van der Waals surface area contributed by atoms with Crippen LogP contribution in [0.1, 0.15) is 23.6 Å². The minimum absolute atomic E-state index is 0.0376. The first-order chi connectivity index (χ1) is 10.3. The third-order valence-corrected chi connectivity index (χ3v) is 3.80. The number of rotatable bonds is 8. The van der Waals surface area contributed by atoms with E-state index in [2.05, 4.69) is 6.07 Å². The molecule has 21 heavy (non-hydrogen) atoms. The van der Waals surface area contributed by atoms with Gasteiger partial charge >= 0.3 is 0 Å². The normalized spacial score (nSPS) is 21.1. The van der Waals surface area contributed by atoms with Crippen LogP contribution in [0.3, 0.4) is 0 Å². The molecule has 0 amide bonds. The van der Waals surface area contributed by atoms with Crippen molar-refractivity contribution >= 4 is 0 Å². The van der Waals surface area contributed by atoms with E-state index in [0.29, 0.717) is 26.4 Å². The zero-order valence-corrected chi connectivity index (χ0v) is 12.8. The summed E-state index contributed by atoms with van der Waals surface area (Å²) in [4.78, 5) is 0. The van der Waals surface area contributed by atoms with Crippen LogP contribution in [0, 0.1) is 0 Å². The van der Waals surface area contributed by atoms with Crippen LogP contribution in [0.15, 0.2) is 18.2 Å². The molecule has 5 heteroatoms. The fraction of sp³-hybridized carbons (Fsp3) is 0.625. The van der Waals surface area contributed by atoms with Gasteiger partial charge in [0, 0.05) is 7.11 Å². The molecule has 2 N–H and O–H groups in total. The number of fused-ring (bicyclic) bond motifs is 1. The highest BCUT2D eigenvalue weighted by molar-refractivity contribution is 5.39. The maximum Gasteiger partial charge on any atom is 0.119 e. The Morgan fingerprint density at radius 2 is 1.95 bits per heavy atom. The molecule has 1 aromatic carbocycles. The van der Waals surface area contributed by atoms with Crippen molar-refractivity contribution in [2.24, 2.45) is 5.73 Å². The predicted octanol–water partition coefficient (Wildman–Crippen LogP) is 1.69. The summed E-state index contributed by atoms with van der Waals surface area (Å²) < 4.78 is 21.5. The van der Waals surface area contributed by atoms with E-state index in [0.717, 1.165) is 24.2 Å². The van der Waals surface area contributed by atoms with Crippen molar-refractivity contribution in [3.8, 4) is 5.75 Å². The van der Waals surface area contributed by atoms with Crippen LogP contribution in [0.4, 0.5) is 0 Å². The number of hydrogen-bond donors (Lipinski definition) is 1. The van der Waals surface area contributed by atoms with Gasteiger partial charge in [-0.2, -0.15) is 0 Å². The smallest absolute Gasteiger partial charge is 0.119 e. The second kappa shape index (κ2) is 8.34. The summed E-state index contributed by atoms with van der Waals surface area (Å²) in [7, 11) is 3.33. The molecule has 118 valence electrons. The molecule has 0 radical (unpaired) electrons. The summed E-state index contributed by atoms with van der Waals surface area (Å²) in [6.45, 7) is 2.33. The second-order valence-corrected chi connectivity index (χ2v) is 5.14. The zero-order chi connectivity index (χ0) is 15.1. The molecule has 0 spiro atoms. The molecule has 0 aliphatic heterocycles. The lowest BCUT2D eigenvalue weighted by molar-refractivity contribution is -0.0205. The SMILES string of the molecule is COCCOCCOC1CCc2ccc(OC)cc2C1N. The van der Waals surface area contributed by atoms with Gasteiger partial charge in [-0.1, -0.05) is 6.07 Å². The molecular formula is C16H25NO4. The number of nitrogens with two attached hydrogens (primary N) is 1. The number of methoxy groups -OCH3 is 2. The minimum Gasteiger partial charge on any atom is -0.497 e. The molecule has 1 aliphatic rings. The van der Waals surface area contributed by atoms with Crippen LogP contribution in [-0.4, -0.2) is 46.8 Å². The first-order valence-corrected chi connectivity index (χ1v) is 7.37. The Morgan fingerprint density at radius 1 is 1.14 bits per heavy atom. The first-order valence-electron chi connectivity index (χ1n) is 7.37. The van der Waals surface area contributed by atoms with Crippen molar-refractivity contribution in [1.82, 2.24) is 0 Å². The summed E-state index contributed by atoms with van der Waals surface area (Å²) in [6.07, 6.45) is 1.97. The standard InChI is InChI=1S/C16H25NO4/c1-18-7-8-20-9-10-21-15-6-4-12-3-5-13(19-2)11-14(12)16(15)17/h3,5,11,15-16H,4,6-10,17H2,1-2H3. The van der Waals surface area contributed by atoms with Crippen molar-refractivity contribution in [1.29, 1.82) is 0 Å². The van der Waals surface area contributed by atoms with Gasteiger partial charge in [0.25, 0.3) is 0 Å². The molecule has 2 unspecified atom stereocenters. The predicted molar refractivity (Wildman–Crippen MR) is 80.7 cm³/mol. The maximum atomic E-state index is 6.34. The van der Waals surface area contributed by atoms with E-state index in [-0.39, 0.29) is 12.1 Å². The van der Waals surface area contributed by atoms with E-state index < -0.39 is 0 Å². The second-order valence-electron chi connectivity index (χ2n) is 5.14. The molecule has 1 aliphatic carbocycles.